The van der Waals surface area contributed by atoms with Gasteiger partial charge in [-0.3, -0.25) is 9.59 Å². The van der Waals surface area contributed by atoms with Crippen molar-refractivity contribution < 1.29 is 18.4 Å². The number of aryl methyl sites for hydroxylation is 1. The molecule has 0 aliphatic heterocycles. The quantitative estimate of drug-likeness (QED) is 0.195. The summed E-state index contributed by atoms with van der Waals surface area (Å²) in [5.41, 5.74) is 6.06. The molecule has 0 spiro atoms. The third-order valence-corrected chi connectivity index (χ3v) is 7.79. The summed E-state index contributed by atoms with van der Waals surface area (Å²) in [4.78, 5) is 34.8. The van der Waals surface area contributed by atoms with Gasteiger partial charge in [-0.25, -0.2) is 14.4 Å². The third kappa shape index (κ3) is 4.56. The van der Waals surface area contributed by atoms with Crippen molar-refractivity contribution in [2.75, 3.05) is 0 Å². The molecule has 1 aliphatic carbocycles. The molecule has 1 aliphatic rings. The average molecular weight is 519 g/mol. The van der Waals surface area contributed by atoms with E-state index in [1.165, 1.54) is 18.5 Å². The van der Waals surface area contributed by atoms with Gasteiger partial charge >= 0.3 is 0 Å². The Morgan fingerprint density at radius 1 is 0.923 bits per heavy atom. The van der Waals surface area contributed by atoms with Crippen LogP contribution in [0.1, 0.15) is 64.4 Å². The summed E-state index contributed by atoms with van der Waals surface area (Å²) >= 11 is 0. The summed E-state index contributed by atoms with van der Waals surface area (Å²) in [7, 11) is 0. The van der Waals surface area contributed by atoms with Crippen LogP contribution in [-0.2, 0) is 5.41 Å². The van der Waals surface area contributed by atoms with Crippen molar-refractivity contribution in [1.82, 2.24) is 9.97 Å². The Morgan fingerprint density at radius 2 is 1.64 bits per heavy atom. The lowest BCUT2D eigenvalue weighted by atomic mass is 9.88. The third-order valence-electron chi connectivity index (χ3n) is 7.79. The molecule has 0 radical (unpaired) electrons. The topological polar surface area (TPSA) is 73.1 Å². The molecule has 1 saturated carbocycles. The van der Waals surface area contributed by atoms with Crippen LogP contribution in [0, 0.1) is 12.7 Å². The Bertz CT molecular complexity index is 1720. The molecule has 2 heterocycles. The minimum Gasteiger partial charge on any atom is -0.455 e. The van der Waals surface area contributed by atoms with Crippen molar-refractivity contribution in [2.24, 2.45) is 0 Å². The van der Waals surface area contributed by atoms with Crippen LogP contribution in [0.25, 0.3) is 33.4 Å². The molecule has 6 heteroatoms. The largest absolute Gasteiger partial charge is 0.455 e. The van der Waals surface area contributed by atoms with Gasteiger partial charge in [-0.05, 0) is 84.5 Å². The number of hydrogen-bond acceptors (Lipinski definition) is 5. The van der Waals surface area contributed by atoms with Gasteiger partial charge in [-0.15, -0.1) is 0 Å². The Labute approximate surface area is 225 Å². The highest BCUT2D eigenvalue weighted by molar-refractivity contribution is 6.12. The van der Waals surface area contributed by atoms with Crippen molar-refractivity contribution in [3.63, 3.8) is 0 Å². The molecule has 39 heavy (non-hydrogen) atoms. The molecular weight excluding hydrogens is 491 g/mol. The van der Waals surface area contributed by atoms with Gasteiger partial charge in [-0.2, -0.15) is 0 Å². The number of fused-ring (bicyclic) bond motifs is 1. The van der Waals surface area contributed by atoms with Crippen LogP contribution < -0.4 is 0 Å². The predicted octanol–water partition coefficient (Wildman–Crippen LogP) is 7.90. The van der Waals surface area contributed by atoms with Crippen molar-refractivity contribution in [2.45, 2.75) is 44.9 Å². The number of hydrogen-bond donors (Lipinski definition) is 0. The molecule has 5 aromatic rings. The molecule has 3 aromatic carbocycles. The van der Waals surface area contributed by atoms with Gasteiger partial charge in [0.2, 0.25) is 0 Å². The number of aromatic nitrogens is 2. The summed E-state index contributed by atoms with van der Waals surface area (Å²) in [5.74, 6) is 0.123. The number of carbonyl (C=O) groups excluding carboxylic acids is 2. The van der Waals surface area contributed by atoms with E-state index >= 15 is 0 Å². The van der Waals surface area contributed by atoms with Crippen LogP contribution in [0.3, 0.4) is 0 Å². The normalized spacial score (nSPS) is 13.9. The Hall–Kier alpha value is -4.45. The highest BCUT2D eigenvalue weighted by Gasteiger charge is 2.46. The fourth-order valence-electron chi connectivity index (χ4n) is 5.33. The van der Waals surface area contributed by atoms with E-state index in [0.29, 0.717) is 46.3 Å². The molecule has 0 atom stereocenters. The van der Waals surface area contributed by atoms with Crippen LogP contribution in [0.5, 0.6) is 0 Å². The lowest BCUT2D eigenvalue weighted by Gasteiger charge is -2.15. The van der Waals surface area contributed by atoms with Crippen LogP contribution in [0.4, 0.5) is 4.39 Å². The molecule has 0 amide bonds. The molecule has 0 bridgehead atoms. The molecular formula is C33H27FN2O3. The molecule has 0 unspecified atom stereocenters. The summed E-state index contributed by atoms with van der Waals surface area (Å²) in [6, 6.07) is 17.5. The highest BCUT2D eigenvalue weighted by atomic mass is 19.1. The predicted molar refractivity (Wildman–Crippen MR) is 148 cm³/mol. The van der Waals surface area contributed by atoms with E-state index in [0.717, 1.165) is 35.1 Å². The van der Waals surface area contributed by atoms with Gasteiger partial charge in [0.05, 0.1) is 5.56 Å². The van der Waals surface area contributed by atoms with E-state index in [-0.39, 0.29) is 22.8 Å². The van der Waals surface area contributed by atoms with Gasteiger partial charge < -0.3 is 4.42 Å². The minimum absolute atomic E-state index is 0.0505. The molecule has 1 fully saturated rings. The zero-order valence-corrected chi connectivity index (χ0v) is 21.8. The van der Waals surface area contributed by atoms with E-state index < -0.39 is 0 Å². The van der Waals surface area contributed by atoms with Gasteiger partial charge in [0.15, 0.2) is 11.6 Å². The second-order valence-electron chi connectivity index (χ2n) is 10.3. The van der Waals surface area contributed by atoms with Gasteiger partial charge in [0.1, 0.15) is 23.5 Å². The first-order valence-electron chi connectivity index (χ1n) is 13.1. The number of benzene rings is 3. The van der Waals surface area contributed by atoms with E-state index in [1.807, 2.05) is 62.6 Å². The summed E-state index contributed by atoms with van der Waals surface area (Å²) in [6.07, 6.45) is 7.75. The van der Waals surface area contributed by atoms with E-state index in [4.69, 9.17) is 4.42 Å². The minimum atomic E-state index is -0.352. The van der Waals surface area contributed by atoms with Crippen molar-refractivity contribution in [3.8, 4) is 22.5 Å². The molecule has 5 nitrogen and oxygen atoms in total. The van der Waals surface area contributed by atoms with Crippen LogP contribution in [-0.4, -0.2) is 21.5 Å². The van der Waals surface area contributed by atoms with Crippen LogP contribution in [0.15, 0.2) is 83.8 Å². The molecule has 2 aromatic heterocycles. The highest BCUT2D eigenvalue weighted by Crippen LogP contribution is 2.51. The average Bonchev–Trinajstić information content (AvgIpc) is 3.65. The number of halogens is 1. The maximum absolute atomic E-state index is 13.6. The fourth-order valence-corrected chi connectivity index (χ4v) is 5.33. The molecule has 194 valence electrons. The number of nitrogens with zero attached hydrogens (tertiary/aromatic N) is 2. The lowest BCUT2D eigenvalue weighted by molar-refractivity contribution is 0.0967. The number of furan rings is 1. The summed E-state index contributed by atoms with van der Waals surface area (Å²) in [6.45, 7) is 3.82. The monoisotopic (exact) mass is 518 g/mol. The molecule has 0 saturated heterocycles. The van der Waals surface area contributed by atoms with Crippen molar-refractivity contribution in [3.05, 3.63) is 107 Å². The second kappa shape index (κ2) is 9.70. The molecule has 0 N–H and O–H groups in total. The van der Waals surface area contributed by atoms with Crippen molar-refractivity contribution in [1.29, 1.82) is 0 Å². The Kier molecular flexibility index (Phi) is 6.18. The summed E-state index contributed by atoms with van der Waals surface area (Å²) in [5, 5.41) is 0.704. The number of rotatable bonds is 8. The van der Waals surface area contributed by atoms with Crippen LogP contribution >= 0.6 is 0 Å². The Morgan fingerprint density at radius 3 is 2.33 bits per heavy atom. The Balaban J connectivity index is 1.39. The van der Waals surface area contributed by atoms with Crippen molar-refractivity contribution >= 4 is 22.5 Å². The maximum Gasteiger partial charge on any atom is 0.167 e. The number of Topliss-reactive ketones (excluding diaryl/α,β-unsaturated/α-hetero) is 2. The van der Waals surface area contributed by atoms with Gasteiger partial charge in [0, 0.05) is 47.2 Å². The van der Waals surface area contributed by atoms with Gasteiger partial charge in [-0.1, -0.05) is 25.1 Å². The van der Waals surface area contributed by atoms with E-state index in [9.17, 15) is 14.0 Å². The lowest BCUT2D eigenvalue weighted by Crippen LogP contribution is -2.14. The first-order valence-corrected chi connectivity index (χ1v) is 13.1. The first-order chi connectivity index (χ1) is 18.9. The zero-order valence-electron chi connectivity index (χ0n) is 21.8. The second-order valence-corrected chi connectivity index (χ2v) is 10.3. The molecule has 6 rings (SSSR count). The number of ketones is 2. The van der Waals surface area contributed by atoms with E-state index in [1.54, 1.807) is 12.1 Å². The first kappa shape index (κ1) is 24.9. The summed E-state index contributed by atoms with van der Waals surface area (Å²) < 4.78 is 19.7. The van der Waals surface area contributed by atoms with E-state index in [2.05, 4.69) is 9.97 Å². The smallest absolute Gasteiger partial charge is 0.167 e. The SMILES string of the molecule is CCC(=O)c1c(-c2ccc(F)cc2)oc2ccc(-c3cc(C(=O)CC4(c5cncnc5)CC4)ccc3C)cc12. The van der Waals surface area contributed by atoms with Gasteiger partial charge in [0.25, 0.3) is 0 Å². The van der Waals surface area contributed by atoms with Crippen LogP contribution in [0.2, 0.25) is 0 Å². The standard InChI is InChI=1S/C33H27FN2O3/c1-3-28(37)31-27-14-22(8-11-30(27)39-32(31)21-6-9-25(34)10-7-21)26-15-23(5-4-20(26)2)29(38)16-33(12-13-33)24-17-35-19-36-18-24/h4-11,14-15,17-19H,3,12-13,16H2,1-2H3. The fraction of sp³-hybridized carbons (Fsp3) is 0.212. The number of carbonyl (C=O) groups is 2. The zero-order chi connectivity index (χ0) is 27.1. The maximum atomic E-state index is 13.6.